The molecule has 2 heteroatoms. The Bertz CT molecular complexity index is 271. The van der Waals surface area contributed by atoms with Crippen molar-refractivity contribution in [2.75, 3.05) is 6.61 Å². The van der Waals surface area contributed by atoms with Crippen LogP contribution < -0.4 is 5.73 Å². The smallest absolute Gasteiger partial charge is 0.0720 e. The van der Waals surface area contributed by atoms with Crippen LogP contribution in [-0.2, 0) is 17.9 Å². The van der Waals surface area contributed by atoms with Gasteiger partial charge in [-0.05, 0) is 17.0 Å². The summed E-state index contributed by atoms with van der Waals surface area (Å²) in [6, 6.07) is 8.15. The largest absolute Gasteiger partial charge is 0.376 e. The molecular formula is C12H19NO. The Kier molecular flexibility index (Phi) is 4.63. The van der Waals surface area contributed by atoms with Gasteiger partial charge in [-0.25, -0.2) is 0 Å². The molecular weight excluding hydrogens is 174 g/mol. The number of hydrogen-bond acceptors (Lipinski definition) is 2. The number of hydrogen-bond donors (Lipinski definition) is 1. The predicted molar refractivity (Wildman–Crippen MR) is 58.8 cm³/mol. The SMILES string of the molecule is CC(C)COCc1ccccc1CN. The Morgan fingerprint density at radius 3 is 2.43 bits per heavy atom. The molecule has 0 atom stereocenters. The van der Waals surface area contributed by atoms with Crippen molar-refractivity contribution >= 4 is 0 Å². The second-order valence-electron chi connectivity index (χ2n) is 3.88. The molecule has 0 heterocycles. The molecule has 2 N–H and O–H groups in total. The summed E-state index contributed by atoms with van der Waals surface area (Å²) in [5.41, 5.74) is 8.01. The quantitative estimate of drug-likeness (QED) is 0.779. The van der Waals surface area contributed by atoms with Crippen molar-refractivity contribution in [1.29, 1.82) is 0 Å². The van der Waals surface area contributed by atoms with Gasteiger partial charge in [0.15, 0.2) is 0 Å². The number of benzene rings is 1. The molecule has 2 nitrogen and oxygen atoms in total. The van der Waals surface area contributed by atoms with Gasteiger partial charge in [0, 0.05) is 13.2 Å². The van der Waals surface area contributed by atoms with Crippen LogP contribution in [0.1, 0.15) is 25.0 Å². The lowest BCUT2D eigenvalue weighted by Gasteiger charge is -2.09. The first-order valence-corrected chi connectivity index (χ1v) is 5.08. The third-order valence-corrected chi connectivity index (χ3v) is 2.05. The highest BCUT2D eigenvalue weighted by atomic mass is 16.5. The van der Waals surface area contributed by atoms with E-state index in [1.165, 1.54) is 11.1 Å². The highest BCUT2D eigenvalue weighted by molar-refractivity contribution is 5.26. The maximum atomic E-state index is 5.63. The summed E-state index contributed by atoms with van der Waals surface area (Å²) in [5, 5.41) is 0. The first kappa shape index (κ1) is 11.2. The molecule has 78 valence electrons. The summed E-state index contributed by atoms with van der Waals surface area (Å²) >= 11 is 0. The first-order valence-electron chi connectivity index (χ1n) is 5.08. The van der Waals surface area contributed by atoms with Gasteiger partial charge in [0.25, 0.3) is 0 Å². The maximum absolute atomic E-state index is 5.63. The summed E-state index contributed by atoms with van der Waals surface area (Å²) < 4.78 is 5.57. The third kappa shape index (κ3) is 3.48. The minimum absolute atomic E-state index is 0.583. The van der Waals surface area contributed by atoms with Crippen LogP contribution in [0.4, 0.5) is 0 Å². The minimum Gasteiger partial charge on any atom is -0.376 e. The molecule has 0 aromatic heterocycles. The molecule has 0 aliphatic rings. The van der Waals surface area contributed by atoms with Crippen LogP contribution in [-0.4, -0.2) is 6.61 Å². The molecule has 14 heavy (non-hydrogen) atoms. The molecule has 0 aliphatic heterocycles. The fourth-order valence-corrected chi connectivity index (χ4v) is 1.30. The minimum atomic E-state index is 0.583. The van der Waals surface area contributed by atoms with Crippen LogP contribution in [0.25, 0.3) is 0 Å². The van der Waals surface area contributed by atoms with E-state index in [2.05, 4.69) is 19.9 Å². The normalized spacial score (nSPS) is 10.9. The number of ether oxygens (including phenoxy) is 1. The predicted octanol–water partition coefficient (Wildman–Crippen LogP) is 2.32. The Labute approximate surface area is 86.1 Å². The van der Waals surface area contributed by atoms with Crippen LogP contribution >= 0.6 is 0 Å². The molecule has 0 radical (unpaired) electrons. The standard InChI is InChI=1S/C12H19NO/c1-10(2)8-14-9-12-6-4-3-5-11(12)7-13/h3-6,10H,7-9,13H2,1-2H3. The highest BCUT2D eigenvalue weighted by Gasteiger charge is 2.00. The summed E-state index contributed by atoms with van der Waals surface area (Å²) in [7, 11) is 0. The molecule has 0 fully saturated rings. The van der Waals surface area contributed by atoms with E-state index in [1.807, 2.05) is 18.2 Å². The summed E-state index contributed by atoms with van der Waals surface area (Å²) in [4.78, 5) is 0. The van der Waals surface area contributed by atoms with Crippen molar-refractivity contribution in [2.24, 2.45) is 11.7 Å². The van der Waals surface area contributed by atoms with Crippen molar-refractivity contribution in [1.82, 2.24) is 0 Å². The van der Waals surface area contributed by atoms with Crippen LogP contribution in [0.3, 0.4) is 0 Å². The second-order valence-corrected chi connectivity index (χ2v) is 3.88. The maximum Gasteiger partial charge on any atom is 0.0720 e. The lowest BCUT2D eigenvalue weighted by atomic mass is 10.1. The van der Waals surface area contributed by atoms with Gasteiger partial charge >= 0.3 is 0 Å². The van der Waals surface area contributed by atoms with Crippen LogP contribution in [0, 0.1) is 5.92 Å². The fraction of sp³-hybridized carbons (Fsp3) is 0.500. The molecule has 1 rings (SSSR count). The second kappa shape index (κ2) is 5.78. The molecule has 1 aromatic rings. The van der Waals surface area contributed by atoms with E-state index in [9.17, 15) is 0 Å². The molecule has 0 spiro atoms. The van der Waals surface area contributed by atoms with Crippen LogP contribution in [0.2, 0.25) is 0 Å². The van der Waals surface area contributed by atoms with Crippen molar-refractivity contribution in [2.45, 2.75) is 27.0 Å². The molecule has 1 aromatic carbocycles. The van der Waals surface area contributed by atoms with Crippen molar-refractivity contribution in [3.05, 3.63) is 35.4 Å². The lowest BCUT2D eigenvalue weighted by molar-refractivity contribution is 0.0966. The van der Waals surface area contributed by atoms with Crippen LogP contribution in [0.5, 0.6) is 0 Å². The van der Waals surface area contributed by atoms with E-state index in [0.717, 1.165) is 6.61 Å². The van der Waals surface area contributed by atoms with Crippen LogP contribution in [0.15, 0.2) is 24.3 Å². The van der Waals surface area contributed by atoms with E-state index in [4.69, 9.17) is 10.5 Å². The van der Waals surface area contributed by atoms with Crippen molar-refractivity contribution in [3.63, 3.8) is 0 Å². The van der Waals surface area contributed by atoms with E-state index in [1.54, 1.807) is 0 Å². The molecule has 0 aliphatic carbocycles. The summed E-state index contributed by atoms with van der Waals surface area (Å²) in [6.45, 7) is 6.36. The van der Waals surface area contributed by atoms with E-state index in [-0.39, 0.29) is 0 Å². The van der Waals surface area contributed by atoms with Gasteiger partial charge in [-0.2, -0.15) is 0 Å². The molecule has 0 bridgehead atoms. The summed E-state index contributed by atoms with van der Waals surface area (Å²) in [6.07, 6.45) is 0. The fourth-order valence-electron chi connectivity index (χ4n) is 1.30. The zero-order valence-electron chi connectivity index (χ0n) is 8.99. The Morgan fingerprint density at radius 2 is 1.86 bits per heavy atom. The van der Waals surface area contributed by atoms with Gasteiger partial charge in [0.2, 0.25) is 0 Å². The molecule has 0 unspecified atom stereocenters. The topological polar surface area (TPSA) is 35.2 Å². The Hall–Kier alpha value is -0.860. The Morgan fingerprint density at radius 1 is 1.21 bits per heavy atom. The van der Waals surface area contributed by atoms with Gasteiger partial charge in [-0.15, -0.1) is 0 Å². The monoisotopic (exact) mass is 193 g/mol. The van der Waals surface area contributed by atoms with Gasteiger partial charge < -0.3 is 10.5 Å². The van der Waals surface area contributed by atoms with Gasteiger partial charge in [0.1, 0.15) is 0 Å². The number of rotatable bonds is 5. The zero-order chi connectivity index (χ0) is 10.4. The lowest BCUT2D eigenvalue weighted by Crippen LogP contribution is -2.06. The average molecular weight is 193 g/mol. The van der Waals surface area contributed by atoms with E-state index in [0.29, 0.717) is 19.1 Å². The van der Waals surface area contributed by atoms with Crippen molar-refractivity contribution in [3.8, 4) is 0 Å². The third-order valence-electron chi connectivity index (χ3n) is 2.05. The molecule has 0 amide bonds. The molecule has 0 saturated carbocycles. The number of nitrogens with two attached hydrogens (primary N) is 1. The van der Waals surface area contributed by atoms with E-state index >= 15 is 0 Å². The molecule has 0 saturated heterocycles. The first-order chi connectivity index (χ1) is 6.74. The average Bonchev–Trinajstić information content (AvgIpc) is 2.18. The van der Waals surface area contributed by atoms with Gasteiger partial charge in [-0.3, -0.25) is 0 Å². The van der Waals surface area contributed by atoms with Gasteiger partial charge in [0.05, 0.1) is 6.61 Å². The zero-order valence-corrected chi connectivity index (χ0v) is 8.99. The van der Waals surface area contributed by atoms with E-state index < -0.39 is 0 Å². The summed E-state index contributed by atoms with van der Waals surface area (Å²) in [5.74, 6) is 0.583. The van der Waals surface area contributed by atoms with Gasteiger partial charge in [-0.1, -0.05) is 38.1 Å². The highest BCUT2D eigenvalue weighted by Crippen LogP contribution is 2.09. The Balaban J connectivity index is 2.49. The van der Waals surface area contributed by atoms with Crippen molar-refractivity contribution < 1.29 is 4.74 Å².